The zero-order valence-corrected chi connectivity index (χ0v) is 72.2. The molecule has 0 atom stereocenters. The fourth-order valence-corrected chi connectivity index (χ4v) is 9.42. The van der Waals surface area contributed by atoms with Gasteiger partial charge in [-0.25, -0.2) is 0 Å². The van der Waals surface area contributed by atoms with Crippen molar-refractivity contribution in [3.63, 3.8) is 0 Å². The zero-order valence-electron chi connectivity index (χ0n) is 72.2. The maximum absolute atomic E-state index is 13.9. The van der Waals surface area contributed by atoms with Crippen LogP contribution in [0.4, 0.5) is 268 Å². The lowest BCUT2D eigenvalue weighted by Crippen LogP contribution is -2.71. The number of unbranched alkanes of at least 4 members (excludes halogenated alkanes) is 5. The Kier molecular flexibility index (Phi) is 47.4. The molecular formula is C71H76F61N5O5. The molecule has 0 saturated heterocycles. The molecule has 0 aliphatic carbocycles. The normalized spacial score (nSPS) is 14.5. The number of hydrogen-bond acceptors (Lipinski definition) is 5. The van der Waals surface area contributed by atoms with Crippen LogP contribution in [-0.2, 0) is 24.0 Å². The fourth-order valence-electron chi connectivity index (χ4n) is 9.42. The van der Waals surface area contributed by atoms with Crippen molar-refractivity contribution in [2.24, 2.45) is 0 Å². The van der Waals surface area contributed by atoms with Crippen molar-refractivity contribution < 1.29 is 292 Å². The van der Waals surface area contributed by atoms with E-state index in [0.29, 0.717) is 6.42 Å². The van der Waals surface area contributed by atoms with Crippen LogP contribution in [-0.4, -0.2) is 287 Å². The number of nitrogens with zero attached hydrogens (tertiary/aromatic N) is 5. The van der Waals surface area contributed by atoms with Crippen LogP contribution in [0, 0.1) is 0 Å². The maximum atomic E-state index is 13.9. The average molecular weight is 2240 g/mol. The first-order chi connectivity index (χ1) is 61.9. The van der Waals surface area contributed by atoms with Crippen LogP contribution in [0.25, 0.3) is 0 Å². The van der Waals surface area contributed by atoms with Crippen LogP contribution < -0.4 is 0 Å². The molecule has 0 N–H and O–H groups in total. The summed E-state index contributed by atoms with van der Waals surface area (Å²) in [5.41, 5.74) is -1.45. The zero-order chi connectivity index (χ0) is 116. The molecule has 0 aromatic rings. The van der Waals surface area contributed by atoms with Crippen molar-refractivity contribution in [3.05, 3.63) is 61.8 Å². The van der Waals surface area contributed by atoms with Gasteiger partial charge in [0.05, 0.1) is 32.7 Å². The summed E-state index contributed by atoms with van der Waals surface area (Å²) < 4.78 is 794. The van der Waals surface area contributed by atoms with Crippen LogP contribution in [0.1, 0.15) is 120 Å². The summed E-state index contributed by atoms with van der Waals surface area (Å²) in [7, 11) is 0. The van der Waals surface area contributed by atoms with E-state index in [1.54, 1.807) is 6.92 Å². The molecule has 0 spiro atoms. The Morgan fingerprint density at radius 3 is 0.408 bits per heavy atom. The van der Waals surface area contributed by atoms with Crippen molar-refractivity contribution >= 4 is 29.5 Å². The van der Waals surface area contributed by atoms with Crippen molar-refractivity contribution in [1.29, 1.82) is 0 Å². The predicted octanol–water partition coefficient (Wildman–Crippen LogP) is 27.6. The van der Waals surface area contributed by atoms with Crippen LogP contribution >= 0.6 is 0 Å². The van der Waals surface area contributed by atoms with Crippen molar-refractivity contribution in [3.8, 4) is 0 Å². The first-order valence-electron chi connectivity index (χ1n) is 37.6. The van der Waals surface area contributed by atoms with Crippen molar-refractivity contribution in [1.82, 2.24) is 24.5 Å². The van der Waals surface area contributed by atoms with E-state index in [0.717, 1.165) is 20.8 Å². The molecule has 71 heteroatoms. The highest BCUT2D eigenvalue weighted by Gasteiger charge is 2.96. The third-order valence-electron chi connectivity index (χ3n) is 18.0. The Balaban J connectivity index is -0.000000552. The van der Waals surface area contributed by atoms with Crippen molar-refractivity contribution in [2.75, 3.05) is 65.4 Å². The summed E-state index contributed by atoms with van der Waals surface area (Å²) in [4.78, 5) is 57.2. The molecule has 10 nitrogen and oxygen atoms in total. The molecule has 0 fully saturated rings. The van der Waals surface area contributed by atoms with Gasteiger partial charge in [0.15, 0.2) is 0 Å². The van der Waals surface area contributed by atoms with E-state index < -0.39 is 273 Å². The Labute approximate surface area is 759 Å². The van der Waals surface area contributed by atoms with Gasteiger partial charge in [-0.05, 0) is 65.0 Å². The van der Waals surface area contributed by atoms with E-state index in [-0.39, 0.29) is 100 Å². The molecular weight excluding hydrogens is 2160 g/mol. The minimum absolute atomic E-state index is 0.0519. The molecule has 0 aromatic heterocycles. The average Bonchev–Trinajstić information content (AvgIpc) is 0.716. The number of hydrogen-bond donors (Lipinski definition) is 0. The Hall–Kier alpha value is -8.22. The smallest absolute Gasteiger partial charge is 0.333 e. The minimum Gasteiger partial charge on any atom is -0.333 e. The fraction of sp³-hybridized carbons (Fsp3) is 0.789. The first-order valence-corrected chi connectivity index (χ1v) is 37.6. The van der Waals surface area contributed by atoms with E-state index in [4.69, 9.17) is 0 Å². The van der Waals surface area contributed by atoms with Crippen LogP contribution in [0.15, 0.2) is 61.8 Å². The van der Waals surface area contributed by atoms with Crippen molar-refractivity contribution in [2.45, 2.75) is 287 Å². The molecule has 842 valence electrons. The third-order valence-corrected chi connectivity index (χ3v) is 18.0. The predicted molar refractivity (Wildman–Crippen MR) is 366 cm³/mol. The largest absolute Gasteiger partial charge is 0.460 e. The van der Waals surface area contributed by atoms with E-state index in [1.165, 1.54) is 27.7 Å². The summed E-state index contributed by atoms with van der Waals surface area (Å²) in [5, 5.41) is 0. The molecule has 5 amide bonds. The first kappa shape index (κ1) is 142. The van der Waals surface area contributed by atoms with Gasteiger partial charge in [-0.15, -0.1) is 0 Å². The molecule has 142 heavy (non-hydrogen) atoms. The second kappa shape index (κ2) is 47.3. The van der Waals surface area contributed by atoms with Gasteiger partial charge in [-0.3, -0.25) is 24.0 Å². The highest BCUT2D eigenvalue weighted by atomic mass is 19.5. The maximum Gasteiger partial charge on any atom is 0.460 e. The highest BCUT2D eigenvalue weighted by molar-refractivity contribution is 5.93. The monoisotopic (exact) mass is 2240 g/mol. The van der Waals surface area contributed by atoms with Gasteiger partial charge in [0, 0.05) is 49.4 Å². The lowest BCUT2D eigenvalue weighted by Gasteiger charge is -2.40. The third kappa shape index (κ3) is 28.8. The standard InChI is InChI=1S/2C15H16F13NO.2C14H14F13NO.C13H16F9NO/c2*1-4-5-6-29(9(30)8(2)3)7-10(16,17)11(18,19)12(20,21)13(22,23)14(24,25)15(26,27)28;2*1-3-5-6-28(8(29)4-2)7-9(15,16)10(17,18)11(19,20)12(21,22)13(23,24)14(25,26)27;1-4-5-6-23(9(24)8(2)3)7-10(14,15)11(16,17)12(18,19)13(20,21)22/h2*2,4-7H2,1,3H3;2*4H,2-3,5-7H2,1H3;2,4-7H2,1,3H3. The molecule has 0 aliphatic rings. The lowest BCUT2D eigenvalue weighted by molar-refractivity contribution is -0.440. The van der Waals surface area contributed by atoms with E-state index >= 15 is 0 Å². The molecule has 0 unspecified atom stereocenters. The molecule has 0 saturated carbocycles. The van der Waals surface area contributed by atoms with Gasteiger partial charge in [0.1, 0.15) is 0 Å². The summed E-state index contributed by atoms with van der Waals surface area (Å²) in [6.07, 6.45) is -35.7. The molecule has 0 heterocycles. The minimum atomic E-state index is -7.96. The van der Waals surface area contributed by atoms with Gasteiger partial charge in [-0.2, -0.15) is 268 Å². The van der Waals surface area contributed by atoms with Gasteiger partial charge in [0.25, 0.3) is 0 Å². The second-order valence-corrected chi connectivity index (χ2v) is 29.6. The number of carbonyl (C=O) groups is 5. The number of amides is 5. The molecule has 0 aromatic carbocycles. The molecule has 0 aliphatic heterocycles. The van der Waals surface area contributed by atoms with Crippen LogP contribution in [0.3, 0.4) is 0 Å². The summed E-state index contributed by atoms with van der Waals surface area (Å²) in [5.74, 6) is -176. The van der Waals surface area contributed by atoms with Crippen LogP contribution in [0.2, 0.25) is 0 Å². The topological polar surface area (TPSA) is 102 Å². The van der Waals surface area contributed by atoms with Gasteiger partial charge >= 0.3 is 167 Å². The van der Waals surface area contributed by atoms with Crippen LogP contribution in [0.5, 0.6) is 0 Å². The number of carbonyl (C=O) groups excluding carboxylic acids is 5. The lowest BCUT2D eigenvalue weighted by atomic mass is 9.93. The summed E-state index contributed by atoms with van der Waals surface area (Å²) in [6.45, 7) is 8.33. The summed E-state index contributed by atoms with van der Waals surface area (Å²) >= 11 is 0. The Bertz CT molecular complexity index is 3920. The quantitative estimate of drug-likeness (QED) is 0.0446. The number of alkyl halides is 61. The molecule has 0 bridgehead atoms. The molecule has 0 rings (SSSR count). The van der Waals surface area contributed by atoms with Gasteiger partial charge in [0.2, 0.25) is 29.5 Å². The molecule has 0 radical (unpaired) electrons. The van der Waals surface area contributed by atoms with Gasteiger partial charge in [-0.1, -0.05) is 99.6 Å². The SMILES string of the molecule is C=C(C)C(=O)N(CCCC)CC(F)(F)C(F)(F)C(F)(F)C(F)(F)C(F)(F)C(F)(F)F.C=C(C)C(=O)N(CCCC)CC(F)(F)C(F)(F)C(F)(F)C(F)(F)C(F)(F)C(F)(F)F.C=C(C)C(=O)N(CCCC)CC(F)(F)C(F)(F)C(F)(F)C(F)(F)F.C=CC(=O)N(CCCC)CC(F)(F)C(F)(F)C(F)(F)C(F)(F)C(F)(F)C(F)(F)F.C=CC(=O)N(CCCC)CC(F)(F)C(F)(F)C(F)(F)C(F)(F)C(F)(F)C(F)(F)F. The Morgan fingerprint density at radius 2 is 0.296 bits per heavy atom. The second-order valence-electron chi connectivity index (χ2n) is 29.6. The highest BCUT2D eigenvalue weighted by Crippen LogP contribution is 2.66. The summed E-state index contributed by atoms with van der Waals surface area (Å²) in [6, 6.07) is 0. The number of rotatable bonds is 48. The van der Waals surface area contributed by atoms with E-state index in [1.807, 2.05) is 0 Å². The number of halogens is 61. The van der Waals surface area contributed by atoms with Gasteiger partial charge < -0.3 is 24.5 Å². The van der Waals surface area contributed by atoms with E-state index in [9.17, 15) is 292 Å². The van der Waals surface area contributed by atoms with E-state index in [2.05, 4.69) is 32.9 Å². The Morgan fingerprint density at radius 1 is 0.190 bits per heavy atom.